The Balaban J connectivity index is 1.57. The van der Waals surface area contributed by atoms with Gasteiger partial charge < -0.3 is 9.84 Å². The summed E-state index contributed by atoms with van der Waals surface area (Å²) in [5.74, 6) is 0.261. The molecule has 1 amide bonds. The molecule has 1 unspecified atom stereocenters. The van der Waals surface area contributed by atoms with Gasteiger partial charge in [0.2, 0.25) is 17.6 Å². The van der Waals surface area contributed by atoms with Crippen LogP contribution in [0, 0.1) is 5.82 Å². The maximum atomic E-state index is 13.0. The Bertz CT molecular complexity index is 831. The van der Waals surface area contributed by atoms with Gasteiger partial charge in [-0.15, -0.1) is 0 Å². The summed E-state index contributed by atoms with van der Waals surface area (Å²) in [5.41, 5.74) is 1.76. The number of rotatable bonds is 6. The van der Waals surface area contributed by atoms with E-state index in [2.05, 4.69) is 15.5 Å². The van der Waals surface area contributed by atoms with Crippen molar-refractivity contribution in [3.05, 3.63) is 71.9 Å². The molecule has 0 spiro atoms. The zero-order chi connectivity index (χ0) is 17.6. The molecule has 0 aliphatic carbocycles. The molecule has 0 radical (unpaired) electrons. The Morgan fingerprint density at radius 2 is 1.88 bits per heavy atom. The lowest BCUT2D eigenvalue weighted by molar-refractivity contribution is -0.121. The monoisotopic (exact) mass is 339 g/mol. The molecule has 0 aliphatic rings. The third-order valence-electron chi connectivity index (χ3n) is 3.78. The van der Waals surface area contributed by atoms with Gasteiger partial charge in [-0.3, -0.25) is 4.79 Å². The highest BCUT2D eigenvalue weighted by atomic mass is 19.1. The molecule has 5 nitrogen and oxygen atoms in total. The molecule has 0 aliphatic heterocycles. The third-order valence-corrected chi connectivity index (χ3v) is 3.78. The second-order valence-corrected chi connectivity index (χ2v) is 5.74. The van der Waals surface area contributed by atoms with E-state index in [0.717, 1.165) is 5.56 Å². The van der Waals surface area contributed by atoms with E-state index in [9.17, 15) is 9.18 Å². The Morgan fingerprint density at radius 1 is 1.16 bits per heavy atom. The van der Waals surface area contributed by atoms with Crippen LogP contribution >= 0.6 is 0 Å². The van der Waals surface area contributed by atoms with Gasteiger partial charge in [-0.2, -0.15) is 4.98 Å². The van der Waals surface area contributed by atoms with Crippen molar-refractivity contribution in [2.75, 3.05) is 0 Å². The van der Waals surface area contributed by atoms with E-state index < -0.39 is 6.04 Å². The number of halogens is 1. The van der Waals surface area contributed by atoms with Crippen LogP contribution in [0.4, 0.5) is 4.39 Å². The van der Waals surface area contributed by atoms with E-state index in [1.54, 1.807) is 19.1 Å². The molecule has 2 aromatic carbocycles. The van der Waals surface area contributed by atoms with E-state index in [1.165, 1.54) is 12.1 Å². The molecule has 6 heteroatoms. The molecule has 0 saturated carbocycles. The maximum absolute atomic E-state index is 13.0. The highest BCUT2D eigenvalue weighted by molar-refractivity contribution is 5.76. The standard InChI is InChI=1S/C19H18FN3O2/c1-13(21-17(24)12-7-14-5-3-2-4-6-14)19-22-18(23-25-19)15-8-10-16(20)11-9-15/h2-6,8-11,13H,7,12H2,1H3,(H,21,24). The van der Waals surface area contributed by atoms with Crippen LogP contribution in [0.15, 0.2) is 59.1 Å². The quantitative estimate of drug-likeness (QED) is 0.744. The predicted octanol–water partition coefficient (Wildman–Crippen LogP) is 3.69. The first-order valence-corrected chi connectivity index (χ1v) is 8.04. The number of benzene rings is 2. The van der Waals surface area contributed by atoms with Gasteiger partial charge in [0.15, 0.2) is 0 Å². The van der Waals surface area contributed by atoms with Gasteiger partial charge in [-0.05, 0) is 43.2 Å². The van der Waals surface area contributed by atoms with Gasteiger partial charge in [-0.1, -0.05) is 35.5 Å². The first-order valence-electron chi connectivity index (χ1n) is 8.04. The fourth-order valence-electron chi connectivity index (χ4n) is 2.41. The van der Waals surface area contributed by atoms with Gasteiger partial charge in [0.1, 0.15) is 11.9 Å². The minimum Gasteiger partial charge on any atom is -0.345 e. The molecule has 1 N–H and O–H groups in total. The van der Waals surface area contributed by atoms with Gasteiger partial charge in [0, 0.05) is 12.0 Å². The smallest absolute Gasteiger partial charge is 0.249 e. The second-order valence-electron chi connectivity index (χ2n) is 5.74. The van der Waals surface area contributed by atoms with Crippen molar-refractivity contribution < 1.29 is 13.7 Å². The summed E-state index contributed by atoms with van der Waals surface area (Å²) >= 11 is 0. The van der Waals surface area contributed by atoms with Crippen LogP contribution in [0.5, 0.6) is 0 Å². The summed E-state index contributed by atoms with van der Waals surface area (Å²) < 4.78 is 18.2. The van der Waals surface area contributed by atoms with Crippen molar-refractivity contribution in [2.24, 2.45) is 0 Å². The maximum Gasteiger partial charge on any atom is 0.249 e. The molecule has 3 rings (SSSR count). The minimum atomic E-state index is -0.398. The van der Waals surface area contributed by atoms with E-state index in [0.29, 0.717) is 30.1 Å². The van der Waals surface area contributed by atoms with Gasteiger partial charge in [-0.25, -0.2) is 4.39 Å². The molecule has 128 valence electrons. The summed E-state index contributed by atoms with van der Waals surface area (Å²) in [4.78, 5) is 16.3. The number of hydrogen-bond acceptors (Lipinski definition) is 4. The summed E-state index contributed by atoms with van der Waals surface area (Å²) in [6, 6.07) is 15.2. The number of nitrogens with zero attached hydrogens (tertiary/aromatic N) is 2. The van der Waals surface area contributed by atoms with Gasteiger partial charge in [0.05, 0.1) is 0 Å². The lowest BCUT2D eigenvalue weighted by Crippen LogP contribution is -2.27. The predicted molar refractivity (Wildman–Crippen MR) is 91.0 cm³/mol. The molecule has 0 bridgehead atoms. The van der Waals surface area contributed by atoms with Crippen molar-refractivity contribution in [1.82, 2.24) is 15.5 Å². The van der Waals surface area contributed by atoms with Gasteiger partial charge in [0.25, 0.3) is 0 Å². The number of hydrogen-bond donors (Lipinski definition) is 1. The van der Waals surface area contributed by atoms with Crippen LogP contribution in [-0.4, -0.2) is 16.0 Å². The van der Waals surface area contributed by atoms with Crippen molar-refractivity contribution in [3.8, 4) is 11.4 Å². The number of carbonyl (C=O) groups excluding carboxylic acids is 1. The second kappa shape index (κ2) is 7.70. The lowest BCUT2D eigenvalue weighted by atomic mass is 10.1. The molecular weight excluding hydrogens is 321 g/mol. The van der Waals surface area contributed by atoms with Gasteiger partial charge >= 0.3 is 0 Å². The molecular formula is C19H18FN3O2. The zero-order valence-electron chi connectivity index (χ0n) is 13.8. The number of amides is 1. The molecule has 25 heavy (non-hydrogen) atoms. The SMILES string of the molecule is CC(NC(=O)CCc1ccccc1)c1nc(-c2ccc(F)cc2)no1. The Hall–Kier alpha value is -3.02. The van der Waals surface area contributed by atoms with Crippen molar-refractivity contribution in [3.63, 3.8) is 0 Å². The third kappa shape index (κ3) is 4.50. The topological polar surface area (TPSA) is 68.0 Å². The van der Waals surface area contributed by atoms with Crippen LogP contribution in [0.3, 0.4) is 0 Å². The lowest BCUT2D eigenvalue weighted by Gasteiger charge is -2.09. The summed E-state index contributed by atoms with van der Waals surface area (Å²) in [7, 11) is 0. The Kier molecular flexibility index (Phi) is 5.18. The highest BCUT2D eigenvalue weighted by Crippen LogP contribution is 2.19. The van der Waals surface area contributed by atoms with Crippen LogP contribution in [0.2, 0.25) is 0 Å². The van der Waals surface area contributed by atoms with Crippen LogP contribution in [0.1, 0.15) is 30.8 Å². The first-order chi connectivity index (χ1) is 12.1. The van der Waals surface area contributed by atoms with E-state index in [1.807, 2.05) is 30.3 Å². The highest BCUT2D eigenvalue weighted by Gasteiger charge is 2.17. The van der Waals surface area contributed by atoms with Crippen molar-refractivity contribution in [2.45, 2.75) is 25.8 Å². The normalized spacial score (nSPS) is 11.9. The van der Waals surface area contributed by atoms with E-state index in [4.69, 9.17) is 4.52 Å². The fourth-order valence-corrected chi connectivity index (χ4v) is 2.41. The minimum absolute atomic E-state index is 0.0853. The average Bonchev–Trinajstić information content (AvgIpc) is 3.12. The number of aromatic nitrogens is 2. The first kappa shape index (κ1) is 16.8. The summed E-state index contributed by atoms with van der Waals surface area (Å²) in [6.07, 6.45) is 1.05. The van der Waals surface area contributed by atoms with E-state index >= 15 is 0 Å². The molecule has 1 heterocycles. The molecule has 0 saturated heterocycles. The van der Waals surface area contributed by atoms with Crippen LogP contribution in [0.25, 0.3) is 11.4 Å². The zero-order valence-corrected chi connectivity index (χ0v) is 13.8. The largest absolute Gasteiger partial charge is 0.345 e. The van der Waals surface area contributed by atoms with E-state index in [-0.39, 0.29) is 11.7 Å². The fraction of sp³-hybridized carbons (Fsp3) is 0.211. The van der Waals surface area contributed by atoms with Crippen molar-refractivity contribution >= 4 is 5.91 Å². The van der Waals surface area contributed by atoms with Crippen molar-refractivity contribution in [1.29, 1.82) is 0 Å². The van der Waals surface area contributed by atoms with Crippen LogP contribution in [-0.2, 0) is 11.2 Å². The molecule has 1 aromatic heterocycles. The molecule has 1 atom stereocenters. The molecule has 0 fully saturated rings. The summed E-state index contributed by atoms with van der Waals surface area (Å²) in [5, 5.41) is 6.72. The Labute approximate surface area is 144 Å². The number of nitrogens with one attached hydrogen (secondary N) is 1. The van der Waals surface area contributed by atoms with Crippen LogP contribution < -0.4 is 5.32 Å². The summed E-state index contributed by atoms with van der Waals surface area (Å²) in [6.45, 7) is 1.78. The average molecular weight is 339 g/mol. The Morgan fingerprint density at radius 3 is 2.60 bits per heavy atom. The number of aryl methyl sites for hydroxylation is 1. The number of carbonyl (C=O) groups is 1. The molecule has 3 aromatic rings.